The average molecular weight is 324 g/mol. The molecule has 2 rings (SSSR count). The van der Waals surface area contributed by atoms with E-state index < -0.39 is 5.82 Å². The van der Waals surface area contributed by atoms with E-state index in [-0.39, 0.29) is 16.5 Å². The van der Waals surface area contributed by atoms with Crippen LogP contribution in [0.5, 0.6) is 0 Å². The highest BCUT2D eigenvalue weighted by Gasteiger charge is 2.05. The first-order valence-electron chi connectivity index (χ1n) is 6.16. The maximum atomic E-state index is 13.6. The van der Waals surface area contributed by atoms with E-state index in [9.17, 15) is 9.18 Å². The van der Waals surface area contributed by atoms with Crippen LogP contribution in [-0.4, -0.2) is 5.91 Å². The van der Waals surface area contributed by atoms with Crippen molar-refractivity contribution in [2.45, 2.75) is 6.92 Å². The summed E-state index contributed by atoms with van der Waals surface area (Å²) < 4.78 is 13.6. The quantitative estimate of drug-likeness (QED) is 0.783. The highest BCUT2D eigenvalue weighted by Crippen LogP contribution is 2.22. The molecular weight excluding hydrogens is 312 g/mol. The van der Waals surface area contributed by atoms with E-state index >= 15 is 0 Å². The van der Waals surface area contributed by atoms with Gasteiger partial charge in [0.1, 0.15) is 5.82 Å². The fraction of sp³-hybridized carbons (Fsp3) is 0.0625. The molecule has 2 aromatic carbocycles. The number of anilines is 1. The van der Waals surface area contributed by atoms with Gasteiger partial charge < -0.3 is 5.32 Å². The standard InChI is InChI=1S/C16H12Cl2FNO/c1-10-5-6-11(17)9-15(10)20-16(21)8-7-12-13(18)3-2-4-14(12)19/h2-9H,1H3,(H,20,21)/b8-7+. The highest BCUT2D eigenvalue weighted by atomic mass is 35.5. The number of nitrogens with one attached hydrogen (secondary N) is 1. The van der Waals surface area contributed by atoms with Gasteiger partial charge in [0.25, 0.3) is 0 Å². The Morgan fingerprint density at radius 1 is 1.24 bits per heavy atom. The molecule has 0 heterocycles. The van der Waals surface area contributed by atoms with Crippen molar-refractivity contribution in [3.63, 3.8) is 0 Å². The number of hydrogen-bond acceptors (Lipinski definition) is 1. The van der Waals surface area contributed by atoms with Crippen LogP contribution in [0.4, 0.5) is 10.1 Å². The zero-order valence-electron chi connectivity index (χ0n) is 11.2. The summed E-state index contributed by atoms with van der Waals surface area (Å²) in [6, 6.07) is 9.54. The minimum atomic E-state index is -0.481. The van der Waals surface area contributed by atoms with Crippen LogP contribution in [0.25, 0.3) is 6.08 Å². The van der Waals surface area contributed by atoms with Crippen molar-refractivity contribution in [1.29, 1.82) is 0 Å². The number of carbonyl (C=O) groups is 1. The fourth-order valence-electron chi connectivity index (χ4n) is 1.73. The number of aryl methyl sites for hydroxylation is 1. The van der Waals surface area contributed by atoms with Gasteiger partial charge >= 0.3 is 0 Å². The molecule has 1 N–H and O–H groups in total. The second-order valence-corrected chi connectivity index (χ2v) is 5.26. The van der Waals surface area contributed by atoms with Crippen molar-refractivity contribution in [2.24, 2.45) is 0 Å². The van der Waals surface area contributed by atoms with Gasteiger partial charge in [0.05, 0.1) is 5.02 Å². The Hall–Kier alpha value is -1.84. The molecule has 0 unspecified atom stereocenters. The topological polar surface area (TPSA) is 29.1 Å². The first kappa shape index (κ1) is 15.5. The number of halogens is 3. The predicted molar refractivity (Wildman–Crippen MR) is 85.3 cm³/mol. The Balaban J connectivity index is 2.15. The number of amides is 1. The SMILES string of the molecule is Cc1ccc(Cl)cc1NC(=O)/C=C/c1c(F)cccc1Cl. The van der Waals surface area contributed by atoms with Gasteiger partial charge in [0.2, 0.25) is 5.91 Å². The van der Waals surface area contributed by atoms with Gasteiger partial charge in [-0.3, -0.25) is 4.79 Å². The Kier molecular flexibility index (Phi) is 4.99. The summed E-state index contributed by atoms with van der Waals surface area (Å²) in [7, 11) is 0. The fourth-order valence-corrected chi connectivity index (χ4v) is 2.13. The molecule has 0 aliphatic heterocycles. The summed E-state index contributed by atoms with van der Waals surface area (Å²) in [5.41, 5.74) is 1.67. The van der Waals surface area contributed by atoms with Gasteiger partial charge in [0.15, 0.2) is 0 Å². The minimum Gasteiger partial charge on any atom is -0.322 e. The molecule has 0 atom stereocenters. The van der Waals surface area contributed by atoms with Crippen LogP contribution in [0.3, 0.4) is 0 Å². The lowest BCUT2D eigenvalue weighted by molar-refractivity contribution is -0.111. The average Bonchev–Trinajstić information content (AvgIpc) is 2.42. The molecule has 2 aromatic rings. The van der Waals surface area contributed by atoms with Crippen LogP contribution in [0, 0.1) is 12.7 Å². The summed E-state index contributed by atoms with van der Waals surface area (Å²) >= 11 is 11.8. The zero-order chi connectivity index (χ0) is 15.4. The molecule has 5 heteroatoms. The van der Waals surface area contributed by atoms with Gasteiger partial charge in [-0.15, -0.1) is 0 Å². The Morgan fingerprint density at radius 3 is 2.71 bits per heavy atom. The minimum absolute atomic E-state index is 0.178. The second kappa shape index (κ2) is 6.74. The summed E-state index contributed by atoms with van der Waals surface area (Å²) in [5.74, 6) is -0.870. The first-order chi connectivity index (χ1) is 9.97. The maximum Gasteiger partial charge on any atom is 0.248 e. The van der Waals surface area contributed by atoms with Crippen molar-refractivity contribution < 1.29 is 9.18 Å². The molecule has 0 saturated carbocycles. The van der Waals surface area contributed by atoms with Crippen molar-refractivity contribution in [2.75, 3.05) is 5.32 Å². The Labute approximate surface area is 132 Å². The van der Waals surface area contributed by atoms with Crippen LogP contribution in [0.2, 0.25) is 10.0 Å². The van der Waals surface area contributed by atoms with Gasteiger partial charge in [-0.2, -0.15) is 0 Å². The smallest absolute Gasteiger partial charge is 0.248 e. The molecule has 108 valence electrons. The molecule has 0 aliphatic carbocycles. The van der Waals surface area contributed by atoms with Crippen LogP contribution in [-0.2, 0) is 4.79 Å². The lowest BCUT2D eigenvalue weighted by atomic mass is 10.2. The number of rotatable bonds is 3. The molecule has 21 heavy (non-hydrogen) atoms. The summed E-state index contributed by atoms with van der Waals surface area (Å²) in [4.78, 5) is 11.9. The third-order valence-corrected chi connectivity index (χ3v) is 3.42. The third kappa shape index (κ3) is 4.06. The van der Waals surface area contributed by atoms with Gasteiger partial charge in [-0.1, -0.05) is 35.3 Å². The number of benzene rings is 2. The normalized spacial score (nSPS) is 10.9. The van der Waals surface area contributed by atoms with E-state index in [1.807, 2.05) is 6.92 Å². The molecule has 0 saturated heterocycles. The van der Waals surface area contributed by atoms with Gasteiger partial charge in [-0.05, 0) is 42.8 Å². The van der Waals surface area contributed by atoms with Crippen molar-refractivity contribution in [3.05, 3.63) is 69.5 Å². The lowest BCUT2D eigenvalue weighted by Gasteiger charge is -2.06. The van der Waals surface area contributed by atoms with E-state index in [0.29, 0.717) is 10.7 Å². The summed E-state index contributed by atoms with van der Waals surface area (Å²) in [6.07, 6.45) is 2.57. The van der Waals surface area contributed by atoms with E-state index in [4.69, 9.17) is 23.2 Å². The second-order valence-electron chi connectivity index (χ2n) is 4.42. The van der Waals surface area contributed by atoms with E-state index in [1.54, 1.807) is 24.3 Å². The van der Waals surface area contributed by atoms with E-state index in [2.05, 4.69) is 5.32 Å². The molecule has 0 spiro atoms. The van der Waals surface area contributed by atoms with E-state index in [1.165, 1.54) is 24.3 Å². The predicted octanol–water partition coefficient (Wildman–Crippen LogP) is 5.09. The molecule has 0 fully saturated rings. The maximum absolute atomic E-state index is 13.6. The van der Waals surface area contributed by atoms with Crippen molar-refractivity contribution >= 4 is 40.9 Å². The van der Waals surface area contributed by atoms with Gasteiger partial charge in [-0.25, -0.2) is 4.39 Å². The zero-order valence-corrected chi connectivity index (χ0v) is 12.7. The lowest BCUT2D eigenvalue weighted by Crippen LogP contribution is -2.09. The summed E-state index contributed by atoms with van der Waals surface area (Å²) in [5, 5.41) is 3.46. The van der Waals surface area contributed by atoms with Gasteiger partial charge in [0, 0.05) is 22.3 Å². The van der Waals surface area contributed by atoms with Crippen LogP contribution >= 0.6 is 23.2 Å². The molecule has 2 nitrogen and oxygen atoms in total. The molecule has 0 aromatic heterocycles. The molecular formula is C16H12Cl2FNO. The Bertz CT molecular complexity index is 693. The first-order valence-corrected chi connectivity index (χ1v) is 6.92. The number of hydrogen-bond donors (Lipinski definition) is 1. The monoisotopic (exact) mass is 323 g/mol. The van der Waals surface area contributed by atoms with Crippen molar-refractivity contribution in [1.82, 2.24) is 0 Å². The van der Waals surface area contributed by atoms with Crippen LogP contribution in [0.1, 0.15) is 11.1 Å². The molecule has 0 aliphatic rings. The van der Waals surface area contributed by atoms with Crippen LogP contribution in [0.15, 0.2) is 42.5 Å². The molecule has 1 amide bonds. The number of carbonyl (C=O) groups excluding carboxylic acids is 1. The largest absolute Gasteiger partial charge is 0.322 e. The molecule has 0 radical (unpaired) electrons. The summed E-state index contributed by atoms with van der Waals surface area (Å²) in [6.45, 7) is 1.85. The van der Waals surface area contributed by atoms with Crippen LogP contribution < -0.4 is 5.32 Å². The van der Waals surface area contributed by atoms with E-state index in [0.717, 1.165) is 5.56 Å². The molecule has 0 bridgehead atoms. The third-order valence-electron chi connectivity index (χ3n) is 2.86. The van der Waals surface area contributed by atoms with Crippen molar-refractivity contribution in [3.8, 4) is 0 Å². The Morgan fingerprint density at radius 2 is 2.00 bits per heavy atom. The highest BCUT2D eigenvalue weighted by molar-refractivity contribution is 6.32.